The van der Waals surface area contributed by atoms with Gasteiger partial charge >= 0.3 is 5.97 Å². The molecule has 2 heterocycles. The lowest BCUT2D eigenvalue weighted by atomic mass is 9.89. The highest BCUT2D eigenvalue weighted by Gasteiger charge is 2.22. The molecule has 7 heteroatoms. The molecule has 0 saturated heterocycles. The van der Waals surface area contributed by atoms with Crippen LogP contribution < -0.4 is 10.1 Å². The molecular formula is C25H29ClN2O4. The van der Waals surface area contributed by atoms with E-state index in [-0.39, 0.29) is 6.42 Å². The van der Waals surface area contributed by atoms with Crippen LogP contribution in [0.25, 0.3) is 22.0 Å². The van der Waals surface area contributed by atoms with E-state index in [1.807, 2.05) is 44.2 Å². The zero-order valence-corrected chi connectivity index (χ0v) is 19.8. The van der Waals surface area contributed by atoms with Crippen LogP contribution in [0.3, 0.4) is 0 Å². The predicted molar refractivity (Wildman–Crippen MR) is 129 cm³/mol. The summed E-state index contributed by atoms with van der Waals surface area (Å²) < 4.78 is 5.66. The average molecular weight is 457 g/mol. The predicted octanol–water partition coefficient (Wildman–Crippen LogP) is 5.38. The van der Waals surface area contributed by atoms with Gasteiger partial charge in [0.1, 0.15) is 12.4 Å². The van der Waals surface area contributed by atoms with E-state index in [0.717, 1.165) is 44.5 Å². The van der Waals surface area contributed by atoms with Crippen molar-refractivity contribution in [3.8, 4) is 16.9 Å². The highest BCUT2D eigenvalue weighted by atomic mass is 35.5. The van der Waals surface area contributed by atoms with Crippen molar-refractivity contribution in [3.63, 3.8) is 0 Å². The highest BCUT2D eigenvalue weighted by Crippen LogP contribution is 2.45. The summed E-state index contributed by atoms with van der Waals surface area (Å²) in [7, 11) is 0. The first kappa shape index (κ1) is 23.8. The monoisotopic (exact) mass is 456 g/mol. The summed E-state index contributed by atoms with van der Waals surface area (Å²) in [4.78, 5) is 16.2. The van der Waals surface area contributed by atoms with Crippen LogP contribution in [0.4, 0.5) is 5.69 Å². The van der Waals surface area contributed by atoms with Gasteiger partial charge in [0.25, 0.3) is 0 Å². The maximum Gasteiger partial charge on any atom is 0.307 e. The molecule has 6 nitrogen and oxygen atoms in total. The summed E-state index contributed by atoms with van der Waals surface area (Å²) in [5.74, 6) is -0.171. The maximum atomic E-state index is 11.5. The molecule has 0 radical (unpaired) electrons. The van der Waals surface area contributed by atoms with Gasteiger partial charge in [0.2, 0.25) is 0 Å². The number of nitrogens with zero attached hydrogens (tertiary/aromatic N) is 1. The molecule has 0 atom stereocenters. The number of benzene rings is 2. The number of carboxylic acid groups (broad SMARTS) is 1. The van der Waals surface area contributed by atoms with Crippen molar-refractivity contribution < 1.29 is 19.7 Å². The number of fused-ring (bicyclic) bond motifs is 2. The first-order valence-electron chi connectivity index (χ1n) is 10.5. The van der Waals surface area contributed by atoms with Crippen molar-refractivity contribution in [2.75, 3.05) is 18.5 Å². The lowest BCUT2D eigenvalue weighted by molar-refractivity contribution is -0.136. The number of aromatic nitrogens is 1. The zero-order valence-electron chi connectivity index (χ0n) is 19.0. The molecule has 0 aliphatic carbocycles. The van der Waals surface area contributed by atoms with Gasteiger partial charge in [0.05, 0.1) is 28.2 Å². The van der Waals surface area contributed by atoms with E-state index in [0.29, 0.717) is 23.9 Å². The largest absolute Gasteiger partial charge is 0.490 e. The summed E-state index contributed by atoms with van der Waals surface area (Å²) in [5.41, 5.74) is 5.22. The Morgan fingerprint density at radius 1 is 1.22 bits per heavy atom. The van der Waals surface area contributed by atoms with Gasteiger partial charge in [0, 0.05) is 23.2 Å². The zero-order chi connectivity index (χ0) is 23.6. The summed E-state index contributed by atoms with van der Waals surface area (Å²) in [5, 5.41) is 22.7. The van der Waals surface area contributed by atoms with Gasteiger partial charge in [-0.1, -0.05) is 17.7 Å². The molecule has 0 fully saturated rings. The molecule has 0 unspecified atom stereocenters. The Hall–Kier alpha value is -2.83. The van der Waals surface area contributed by atoms with E-state index in [2.05, 4.69) is 10.3 Å². The third kappa shape index (κ3) is 5.50. The van der Waals surface area contributed by atoms with Gasteiger partial charge in [-0.25, -0.2) is 0 Å². The minimum absolute atomic E-state index is 0.0810. The average Bonchev–Trinajstić information content (AvgIpc) is 2.68. The number of nitrogens with one attached hydrogen (secondary N) is 1. The number of rotatable bonds is 3. The van der Waals surface area contributed by atoms with Gasteiger partial charge in [-0.2, -0.15) is 0 Å². The summed E-state index contributed by atoms with van der Waals surface area (Å²) >= 11 is 6.74. The molecule has 0 saturated carbocycles. The Morgan fingerprint density at radius 3 is 2.56 bits per heavy atom. The summed E-state index contributed by atoms with van der Waals surface area (Å²) in [6.07, 6.45) is -0.0810. The summed E-state index contributed by atoms with van der Waals surface area (Å²) in [6, 6.07) is 9.63. The Bertz CT molecular complexity index is 1160. The molecule has 0 bridgehead atoms. The molecule has 1 aliphatic rings. The number of anilines is 1. The van der Waals surface area contributed by atoms with E-state index in [1.54, 1.807) is 20.8 Å². The summed E-state index contributed by atoms with van der Waals surface area (Å²) in [6.45, 7) is 10.3. The Balaban J connectivity index is 0.000000523. The van der Waals surface area contributed by atoms with Crippen molar-refractivity contribution >= 4 is 34.2 Å². The van der Waals surface area contributed by atoms with E-state index in [4.69, 9.17) is 21.4 Å². The first-order valence-corrected chi connectivity index (χ1v) is 10.9. The molecule has 0 spiro atoms. The van der Waals surface area contributed by atoms with Gasteiger partial charge in [-0.05, 0) is 75.6 Å². The van der Waals surface area contributed by atoms with Crippen LogP contribution in [0.5, 0.6) is 5.75 Å². The molecule has 4 rings (SSSR count). The Labute approximate surface area is 193 Å². The molecule has 3 N–H and O–H groups in total. The van der Waals surface area contributed by atoms with Crippen molar-refractivity contribution in [1.82, 2.24) is 4.98 Å². The smallest absolute Gasteiger partial charge is 0.307 e. The fourth-order valence-electron chi connectivity index (χ4n) is 3.61. The van der Waals surface area contributed by atoms with Crippen molar-refractivity contribution in [2.45, 2.75) is 46.6 Å². The standard InChI is InChI=1S/C21H19ClN2O3.C4H10O/c1-11-9-16-13(4-3-12(2)24-16)19(15(11)10-18(25)26)14-5-6-17-21(20(14)22)23-7-8-27-17;1-4(2,3)5/h3-6,9,23H,7-8,10H2,1-2H3,(H,25,26);5H,1-3H3. The van der Waals surface area contributed by atoms with Crippen LogP contribution in [0.2, 0.25) is 5.02 Å². The van der Waals surface area contributed by atoms with E-state index in [1.165, 1.54) is 0 Å². The molecule has 1 aliphatic heterocycles. The quantitative estimate of drug-likeness (QED) is 0.490. The van der Waals surface area contributed by atoms with E-state index < -0.39 is 11.6 Å². The highest BCUT2D eigenvalue weighted by molar-refractivity contribution is 6.37. The molecule has 32 heavy (non-hydrogen) atoms. The number of aryl methyl sites for hydroxylation is 2. The van der Waals surface area contributed by atoms with Crippen molar-refractivity contribution in [2.24, 2.45) is 0 Å². The lowest BCUT2D eigenvalue weighted by Crippen LogP contribution is -2.18. The Kier molecular flexibility index (Phi) is 6.96. The molecule has 1 aromatic heterocycles. The number of hydrogen-bond acceptors (Lipinski definition) is 5. The van der Waals surface area contributed by atoms with Gasteiger partial charge in [-0.15, -0.1) is 0 Å². The van der Waals surface area contributed by atoms with E-state index in [9.17, 15) is 9.90 Å². The van der Waals surface area contributed by atoms with Crippen LogP contribution in [0.1, 0.15) is 37.6 Å². The molecule has 3 aromatic rings. The van der Waals surface area contributed by atoms with Crippen LogP contribution in [0, 0.1) is 13.8 Å². The number of ether oxygens (including phenoxy) is 1. The molecular weight excluding hydrogens is 428 g/mol. The van der Waals surface area contributed by atoms with Gasteiger partial charge < -0.3 is 20.3 Å². The Morgan fingerprint density at radius 2 is 1.91 bits per heavy atom. The van der Waals surface area contributed by atoms with Crippen LogP contribution >= 0.6 is 11.6 Å². The maximum absolute atomic E-state index is 11.5. The second kappa shape index (κ2) is 9.35. The van der Waals surface area contributed by atoms with Crippen molar-refractivity contribution in [3.05, 3.63) is 52.2 Å². The number of carboxylic acids is 1. The van der Waals surface area contributed by atoms with Gasteiger partial charge in [0.15, 0.2) is 0 Å². The van der Waals surface area contributed by atoms with E-state index >= 15 is 0 Å². The fourth-order valence-corrected chi connectivity index (χ4v) is 3.93. The minimum Gasteiger partial charge on any atom is -0.490 e. The topological polar surface area (TPSA) is 91.7 Å². The SMILES string of the molecule is CC(C)(C)O.Cc1ccc2c(-c3ccc4c(c3Cl)NCCO4)c(CC(=O)O)c(C)cc2n1. The molecule has 170 valence electrons. The second-order valence-corrected chi connectivity index (χ2v) is 9.26. The molecule has 2 aromatic carbocycles. The van der Waals surface area contributed by atoms with Crippen LogP contribution in [0.15, 0.2) is 30.3 Å². The van der Waals surface area contributed by atoms with Crippen LogP contribution in [-0.4, -0.2) is 39.9 Å². The normalized spacial score (nSPS) is 12.8. The fraction of sp³-hybridized carbons (Fsp3) is 0.360. The number of pyridine rings is 1. The third-order valence-corrected chi connectivity index (χ3v) is 5.22. The van der Waals surface area contributed by atoms with Crippen molar-refractivity contribution in [1.29, 1.82) is 0 Å². The van der Waals surface area contributed by atoms with Gasteiger partial charge in [-0.3, -0.25) is 9.78 Å². The third-order valence-electron chi connectivity index (χ3n) is 4.83. The second-order valence-electron chi connectivity index (χ2n) is 8.88. The van der Waals surface area contributed by atoms with Crippen LogP contribution in [-0.2, 0) is 11.2 Å². The number of halogens is 1. The molecule has 0 amide bonds. The number of aliphatic hydroxyl groups is 1. The minimum atomic E-state index is -0.880. The lowest BCUT2D eigenvalue weighted by Gasteiger charge is -2.23. The number of hydrogen-bond donors (Lipinski definition) is 3. The number of aliphatic carboxylic acids is 1. The number of carbonyl (C=O) groups is 1. The first-order chi connectivity index (χ1) is 15.0.